The van der Waals surface area contributed by atoms with Gasteiger partial charge in [0.05, 0.1) is 31.4 Å². The van der Waals surface area contributed by atoms with Crippen LogP contribution in [0.3, 0.4) is 0 Å². The van der Waals surface area contributed by atoms with E-state index in [9.17, 15) is 13.2 Å². The molecule has 0 aliphatic rings. The van der Waals surface area contributed by atoms with Crippen LogP contribution in [0.5, 0.6) is 17.2 Å². The van der Waals surface area contributed by atoms with Crippen LogP contribution in [0.15, 0.2) is 72.4 Å². The summed E-state index contributed by atoms with van der Waals surface area (Å²) in [7, 11) is 4.72. The second-order valence-corrected chi connectivity index (χ2v) is 11.3. The minimum Gasteiger partial charge on any atom is -0.493 e. The third-order valence-electron chi connectivity index (χ3n) is 5.86. The lowest BCUT2D eigenvalue weighted by Crippen LogP contribution is -2.06. The van der Waals surface area contributed by atoms with Crippen molar-refractivity contribution in [3.05, 3.63) is 81.8 Å². The lowest BCUT2D eigenvalue weighted by Gasteiger charge is -2.14. The van der Waals surface area contributed by atoms with Crippen LogP contribution in [0.4, 0.5) is 24.7 Å². The molecular formula is C28H22F3N3O3S3. The van der Waals surface area contributed by atoms with Crippen LogP contribution < -0.4 is 19.5 Å². The highest BCUT2D eigenvalue weighted by Crippen LogP contribution is 2.36. The van der Waals surface area contributed by atoms with Crippen LogP contribution in [-0.2, 0) is 6.18 Å². The van der Waals surface area contributed by atoms with Gasteiger partial charge in [-0.3, -0.25) is 0 Å². The predicted molar refractivity (Wildman–Crippen MR) is 155 cm³/mol. The van der Waals surface area contributed by atoms with E-state index in [-0.39, 0.29) is 5.69 Å². The van der Waals surface area contributed by atoms with E-state index in [4.69, 9.17) is 26.4 Å². The maximum Gasteiger partial charge on any atom is 0.416 e. The van der Waals surface area contributed by atoms with Gasteiger partial charge in [-0.15, -0.1) is 0 Å². The van der Waals surface area contributed by atoms with Gasteiger partial charge >= 0.3 is 6.18 Å². The first-order valence-electron chi connectivity index (χ1n) is 12.0. The number of hydrogen-bond donors (Lipinski definition) is 1. The highest BCUT2D eigenvalue weighted by molar-refractivity contribution is 7.79. The molecule has 0 unspecified atom stereocenters. The number of aromatic nitrogens is 2. The topological polar surface area (TPSA) is 65.5 Å². The number of fused-ring (bicyclic) bond motifs is 1. The highest BCUT2D eigenvalue weighted by atomic mass is 32.9. The quantitative estimate of drug-likeness (QED) is 0.0975. The van der Waals surface area contributed by atoms with Gasteiger partial charge in [-0.1, -0.05) is 51.1 Å². The number of rotatable bonds is 10. The SMILES string of the molecule is COc1cc2c(Nc3cccc(C(F)(F)F)c3)ncnc2cc1OCCCOc1ccc(-c2cssc2=S)cc1. The van der Waals surface area contributed by atoms with E-state index < -0.39 is 11.7 Å². The zero-order chi connectivity index (χ0) is 28.1. The van der Waals surface area contributed by atoms with Gasteiger partial charge < -0.3 is 19.5 Å². The summed E-state index contributed by atoms with van der Waals surface area (Å²) in [5, 5.41) is 5.58. The Hall–Kier alpha value is -3.74. The molecule has 0 saturated heterocycles. The molecule has 0 saturated carbocycles. The number of anilines is 2. The van der Waals surface area contributed by atoms with Crippen molar-refractivity contribution < 1.29 is 27.4 Å². The second-order valence-electron chi connectivity index (χ2n) is 8.52. The van der Waals surface area contributed by atoms with Crippen LogP contribution in [-0.4, -0.2) is 30.3 Å². The lowest BCUT2D eigenvalue weighted by atomic mass is 10.1. The number of hydrogen-bond acceptors (Lipinski definition) is 9. The number of alkyl halides is 3. The predicted octanol–water partition coefficient (Wildman–Crippen LogP) is 8.77. The summed E-state index contributed by atoms with van der Waals surface area (Å²) in [6.45, 7) is 0.825. The molecule has 3 aromatic carbocycles. The molecule has 2 aromatic heterocycles. The van der Waals surface area contributed by atoms with Crippen molar-refractivity contribution >= 4 is 55.3 Å². The number of ether oxygens (including phenoxy) is 3. The fourth-order valence-electron chi connectivity index (χ4n) is 3.90. The van der Waals surface area contributed by atoms with E-state index >= 15 is 0 Å². The molecule has 0 aliphatic heterocycles. The molecule has 2 heterocycles. The van der Waals surface area contributed by atoms with Crippen LogP contribution in [0.25, 0.3) is 22.0 Å². The van der Waals surface area contributed by atoms with E-state index in [2.05, 4.69) is 20.7 Å². The van der Waals surface area contributed by atoms with Gasteiger partial charge in [0.2, 0.25) is 0 Å². The summed E-state index contributed by atoms with van der Waals surface area (Å²) in [5.74, 6) is 2.03. The van der Waals surface area contributed by atoms with E-state index in [0.29, 0.717) is 47.9 Å². The molecule has 40 heavy (non-hydrogen) atoms. The molecule has 5 aromatic rings. The molecule has 6 nitrogen and oxygen atoms in total. The maximum atomic E-state index is 13.1. The minimum absolute atomic E-state index is 0.251. The largest absolute Gasteiger partial charge is 0.493 e. The van der Waals surface area contributed by atoms with Crippen molar-refractivity contribution in [2.45, 2.75) is 12.6 Å². The zero-order valence-electron chi connectivity index (χ0n) is 21.0. The molecule has 5 rings (SSSR count). The molecule has 12 heteroatoms. The van der Waals surface area contributed by atoms with Crippen LogP contribution >= 0.6 is 32.9 Å². The van der Waals surface area contributed by atoms with Gasteiger partial charge in [0.1, 0.15) is 21.7 Å². The van der Waals surface area contributed by atoms with Crippen molar-refractivity contribution in [2.24, 2.45) is 0 Å². The Morgan fingerprint density at radius 1 is 0.950 bits per heavy atom. The van der Waals surface area contributed by atoms with Gasteiger partial charge in [0.25, 0.3) is 0 Å². The molecule has 0 aliphatic carbocycles. The average Bonchev–Trinajstić information content (AvgIpc) is 3.38. The average molecular weight is 602 g/mol. The second kappa shape index (κ2) is 12.2. The summed E-state index contributed by atoms with van der Waals surface area (Å²) in [6, 6.07) is 16.2. The maximum absolute atomic E-state index is 13.1. The Kier molecular flexibility index (Phi) is 8.48. The van der Waals surface area contributed by atoms with Crippen molar-refractivity contribution in [3.63, 3.8) is 0 Å². The van der Waals surface area contributed by atoms with Crippen molar-refractivity contribution in [1.29, 1.82) is 0 Å². The Morgan fingerprint density at radius 2 is 1.75 bits per heavy atom. The van der Waals surface area contributed by atoms with Gasteiger partial charge in [0, 0.05) is 34.5 Å². The van der Waals surface area contributed by atoms with Crippen molar-refractivity contribution in [1.82, 2.24) is 9.97 Å². The molecular weight excluding hydrogens is 580 g/mol. The number of methoxy groups -OCH3 is 1. The summed E-state index contributed by atoms with van der Waals surface area (Å²) >= 11 is 5.36. The minimum atomic E-state index is -4.45. The molecule has 0 atom stereocenters. The van der Waals surface area contributed by atoms with Crippen molar-refractivity contribution in [3.8, 4) is 28.4 Å². The third-order valence-corrected chi connectivity index (χ3v) is 8.53. The fraction of sp³-hybridized carbons (Fsp3) is 0.179. The zero-order valence-corrected chi connectivity index (χ0v) is 23.5. The summed E-state index contributed by atoms with van der Waals surface area (Å²) < 4.78 is 57.5. The molecule has 1 N–H and O–H groups in total. The molecule has 206 valence electrons. The molecule has 0 amide bonds. The van der Waals surface area contributed by atoms with E-state index in [1.165, 1.54) is 25.6 Å². The number of benzene rings is 3. The highest BCUT2D eigenvalue weighted by Gasteiger charge is 2.30. The monoisotopic (exact) mass is 601 g/mol. The molecule has 0 fully saturated rings. The number of halogens is 3. The fourth-order valence-corrected chi connectivity index (χ4v) is 6.30. The standard InChI is InChI=1S/C28H22F3N3O3S3/c1-35-24-13-21-23(32-16-33-26(21)34-19-5-2-4-18(12-19)28(29,30)31)14-25(24)37-11-3-10-36-20-8-6-17(7-9-20)22-15-39-40-27(22)38/h2,4-9,12-16H,3,10-11H2,1H3,(H,32,33,34). The normalized spacial score (nSPS) is 11.4. The Morgan fingerprint density at radius 3 is 2.48 bits per heavy atom. The Balaban J connectivity index is 1.21. The summed E-state index contributed by atoms with van der Waals surface area (Å²) in [4.78, 5) is 8.51. The molecule has 0 bridgehead atoms. The van der Waals surface area contributed by atoms with Crippen LogP contribution in [0.2, 0.25) is 0 Å². The summed E-state index contributed by atoms with van der Waals surface area (Å²) in [6.07, 6.45) is -2.49. The van der Waals surface area contributed by atoms with Crippen LogP contribution in [0, 0.1) is 3.82 Å². The van der Waals surface area contributed by atoms with E-state index in [1.54, 1.807) is 32.8 Å². The van der Waals surface area contributed by atoms with Crippen molar-refractivity contribution in [2.75, 3.05) is 25.6 Å². The summed E-state index contributed by atoms with van der Waals surface area (Å²) in [5.41, 5.74) is 2.18. The first kappa shape index (κ1) is 27.8. The Labute approximate surface area is 240 Å². The first-order valence-corrected chi connectivity index (χ1v) is 14.6. The number of nitrogens with one attached hydrogen (secondary N) is 1. The Bertz CT molecular complexity index is 1670. The van der Waals surface area contributed by atoms with Gasteiger partial charge in [0.15, 0.2) is 11.5 Å². The smallest absolute Gasteiger partial charge is 0.416 e. The van der Waals surface area contributed by atoms with E-state index in [1.807, 2.05) is 24.3 Å². The van der Waals surface area contributed by atoms with E-state index in [0.717, 1.165) is 32.8 Å². The lowest BCUT2D eigenvalue weighted by molar-refractivity contribution is -0.137. The number of nitrogens with zero attached hydrogens (tertiary/aromatic N) is 2. The van der Waals surface area contributed by atoms with Crippen LogP contribution in [0.1, 0.15) is 12.0 Å². The van der Waals surface area contributed by atoms with Gasteiger partial charge in [-0.2, -0.15) is 13.2 Å². The van der Waals surface area contributed by atoms with Gasteiger partial charge in [-0.05, 0) is 42.0 Å². The molecule has 0 radical (unpaired) electrons. The third kappa shape index (κ3) is 6.52. The molecule has 0 spiro atoms. The van der Waals surface area contributed by atoms with Gasteiger partial charge in [-0.25, -0.2) is 9.97 Å². The first-order chi connectivity index (χ1) is 19.3.